The summed E-state index contributed by atoms with van der Waals surface area (Å²) in [5.41, 5.74) is 6.18. The molecule has 1 heterocycles. The van der Waals surface area contributed by atoms with Gasteiger partial charge in [0, 0.05) is 35.7 Å². The number of hydrogen-bond acceptors (Lipinski definition) is 3. The molecular weight excluding hydrogens is 372 g/mol. The number of hydrogen-bond donors (Lipinski definition) is 0. The summed E-state index contributed by atoms with van der Waals surface area (Å²) in [7, 11) is 0. The van der Waals surface area contributed by atoms with Gasteiger partial charge in [-0.15, -0.1) is 0 Å². The van der Waals surface area contributed by atoms with Crippen LogP contribution in [0.2, 0.25) is 0 Å². The van der Waals surface area contributed by atoms with E-state index in [2.05, 4.69) is 59.2 Å². The second kappa shape index (κ2) is 8.78. The third kappa shape index (κ3) is 4.03. The lowest BCUT2D eigenvalue weighted by atomic mass is 9.98. The van der Waals surface area contributed by atoms with Crippen LogP contribution in [-0.4, -0.2) is 16.2 Å². The molecule has 4 rings (SSSR count). The zero-order valence-corrected chi connectivity index (χ0v) is 17.2. The van der Waals surface area contributed by atoms with E-state index in [1.807, 2.05) is 42.5 Å². The fraction of sp³-hybridized carbons (Fsp3) is 0.154. The largest absolute Gasteiger partial charge is 0.334 e. The number of carbonyl (C=O) groups is 1. The van der Waals surface area contributed by atoms with Crippen molar-refractivity contribution in [3.8, 4) is 5.69 Å². The molecule has 0 bridgehead atoms. The second-order valence-corrected chi connectivity index (χ2v) is 7.22. The molecule has 150 valence electrons. The second-order valence-electron chi connectivity index (χ2n) is 7.22. The number of aromatic nitrogens is 1. The highest BCUT2D eigenvalue weighted by atomic mass is 16.7. The van der Waals surface area contributed by atoms with E-state index in [0.717, 1.165) is 33.4 Å². The maximum absolute atomic E-state index is 11.8. The number of oxime groups is 1. The van der Waals surface area contributed by atoms with Crippen molar-refractivity contribution >= 4 is 22.6 Å². The van der Waals surface area contributed by atoms with E-state index in [-0.39, 0.29) is 12.4 Å². The molecular formula is C26H24N2O2. The van der Waals surface area contributed by atoms with Crippen LogP contribution in [0.15, 0.2) is 90.2 Å². The maximum atomic E-state index is 11.8. The summed E-state index contributed by atoms with van der Waals surface area (Å²) < 4.78 is 2.15. The third-order valence-electron chi connectivity index (χ3n) is 5.22. The molecule has 0 atom stereocenters. The number of para-hydroxylation sites is 2. The lowest BCUT2D eigenvalue weighted by molar-refractivity contribution is -0.143. The molecule has 0 aliphatic heterocycles. The molecule has 0 aliphatic rings. The number of rotatable bonds is 6. The molecule has 4 aromatic rings. The van der Waals surface area contributed by atoms with Crippen LogP contribution in [0.3, 0.4) is 0 Å². The Balaban J connectivity index is 1.86. The van der Waals surface area contributed by atoms with Gasteiger partial charge in [0.2, 0.25) is 0 Å². The Labute approximate surface area is 176 Å². The van der Waals surface area contributed by atoms with Crippen LogP contribution in [0.1, 0.15) is 30.0 Å². The predicted molar refractivity (Wildman–Crippen MR) is 121 cm³/mol. The first-order valence-corrected chi connectivity index (χ1v) is 10.1. The molecule has 0 fully saturated rings. The van der Waals surface area contributed by atoms with Gasteiger partial charge in [0.05, 0.1) is 11.2 Å². The minimum atomic E-state index is -0.343. The summed E-state index contributed by atoms with van der Waals surface area (Å²) in [6.07, 6.45) is 2.94. The number of carbonyl (C=O) groups excluding carboxylic acids is 1. The van der Waals surface area contributed by atoms with Crippen molar-refractivity contribution in [1.29, 1.82) is 0 Å². The fourth-order valence-corrected chi connectivity index (χ4v) is 3.55. The van der Waals surface area contributed by atoms with Gasteiger partial charge in [0.1, 0.15) is 0 Å². The molecule has 30 heavy (non-hydrogen) atoms. The van der Waals surface area contributed by atoms with E-state index in [1.165, 1.54) is 5.56 Å². The van der Waals surface area contributed by atoms with Crippen molar-refractivity contribution < 1.29 is 9.63 Å². The molecule has 0 unspecified atom stereocenters. The van der Waals surface area contributed by atoms with Crippen molar-refractivity contribution in [3.05, 3.63) is 102 Å². The zero-order valence-electron chi connectivity index (χ0n) is 17.2. The topological polar surface area (TPSA) is 43.6 Å². The molecule has 0 radical (unpaired) electrons. The summed E-state index contributed by atoms with van der Waals surface area (Å²) in [6, 6.07) is 26.6. The van der Waals surface area contributed by atoms with Gasteiger partial charge in [-0.1, -0.05) is 72.7 Å². The van der Waals surface area contributed by atoms with Gasteiger partial charge in [-0.05, 0) is 36.2 Å². The molecule has 4 nitrogen and oxygen atoms in total. The van der Waals surface area contributed by atoms with Crippen molar-refractivity contribution in [1.82, 2.24) is 4.57 Å². The molecule has 0 saturated heterocycles. The molecule has 0 aliphatic carbocycles. The van der Waals surface area contributed by atoms with E-state index >= 15 is 0 Å². The fourth-order valence-electron chi connectivity index (χ4n) is 3.55. The standard InChI is InChI=1S/C26H24N2O2/c1-3-26(29)30-27-24(17-20-12-8-7-11-19(20)2)23-18-28(21-13-5-4-6-14-21)25-16-10-9-15-22(23)25/h4-16,18H,3,17H2,1-2H3/b27-24+. The van der Waals surface area contributed by atoms with Crippen LogP contribution in [0.5, 0.6) is 0 Å². The summed E-state index contributed by atoms with van der Waals surface area (Å²) in [6.45, 7) is 3.85. The number of fused-ring (bicyclic) bond motifs is 1. The number of benzene rings is 3. The van der Waals surface area contributed by atoms with Gasteiger partial charge < -0.3 is 9.40 Å². The van der Waals surface area contributed by atoms with Gasteiger partial charge in [-0.3, -0.25) is 0 Å². The quantitative estimate of drug-likeness (QED) is 0.233. The predicted octanol–water partition coefficient (Wildman–Crippen LogP) is 5.84. The van der Waals surface area contributed by atoms with Crippen LogP contribution in [-0.2, 0) is 16.1 Å². The Hall–Kier alpha value is -3.66. The Bertz CT molecular complexity index is 1210. The highest BCUT2D eigenvalue weighted by Gasteiger charge is 2.17. The maximum Gasteiger partial charge on any atom is 0.334 e. The van der Waals surface area contributed by atoms with E-state index in [4.69, 9.17) is 4.84 Å². The third-order valence-corrected chi connectivity index (χ3v) is 5.22. The van der Waals surface area contributed by atoms with Crippen molar-refractivity contribution in [3.63, 3.8) is 0 Å². The molecule has 0 N–H and O–H groups in total. The molecule has 1 aromatic heterocycles. The van der Waals surface area contributed by atoms with Gasteiger partial charge in [-0.25, -0.2) is 4.79 Å². The van der Waals surface area contributed by atoms with Crippen LogP contribution < -0.4 is 0 Å². The van der Waals surface area contributed by atoms with Crippen LogP contribution >= 0.6 is 0 Å². The van der Waals surface area contributed by atoms with Crippen LogP contribution in [0.25, 0.3) is 16.6 Å². The summed E-state index contributed by atoms with van der Waals surface area (Å²) in [5.74, 6) is -0.343. The summed E-state index contributed by atoms with van der Waals surface area (Å²) in [4.78, 5) is 17.0. The first-order valence-electron chi connectivity index (χ1n) is 10.1. The van der Waals surface area contributed by atoms with Gasteiger partial charge in [-0.2, -0.15) is 0 Å². The van der Waals surface area contributed by atoms with Crippen molar-refractivity contribution in [2.24, 2.45) is 5.16 Å². The molecule has 4 heteroatoms. The van der Waals surface area contributed by atoms with E-state index in [9.17, 15) is 4.79 Å². The number of nitrogens with zero attached hydrogens (tertiary/aromatic N) is 2. The highest BCUT2D eigenvalue weighted by Crippen LogP contribution is 2.27. The smallest absolute Gasteiger partial charge is 0.318 e. The van der Waals surface area contributed by atoms with E-state index in [0.29, 0.717) is 6.42 Å². The molecule has 0 saturated carbocycles. The van der Waals surface area contributed by atoms with Gasteiger partial charge >= 0.3 is 5.97 Å². The van der Waals surface area contributed by atoms with Gasteiger partial charge in [0.15, 0.2) is 0 Å². The highest BCUT2D eigenvalue weighted by molar-refractivity contribution is 6.12. The van der Waals surface area contributed by atoms with Crippen molar-refractivity contribution in [2.75, 3.05) is 0 Å². The van der Waals surface area contributed by atoms with Crippen molar-refractivity contribution in [2.45, 2.75) is 26.7 Å². The molecule has 0 spiro atoms. The lowest BCUT2D eigenvalue weighted by Crippen LogP contribution is -2.09. The average molecular weight is 396 g/mol. The average Bonchev–Trinajstić information content (AvgIpc) is 3.18. The van der Waals surface area contributed by atoms with E-state index in [1.54, 1.807) is 6.92 Å². The SMILES string of the molecule is CCC(=O)O/N=C(\Cc1ccccc1C)c1cn(-c2ccccc2)c2ccccc12. The zero-order chi connectivity index (χ0) is 20.9. The monoisotopic (exact) mass is 396 g/mol. The van der Waals surface area contributed by atoms with E-state index < -0.39 is 0 Å². The minimum Gasteiger partial charge on any atom is -0.318 e. The number of aryl methyl sites for hydroxylation is 1. The van der Waals surface area contributed by atoms with Crippen LogP contribution in [0.4, 0.5) is 0 Å². The molecule has 0 amide bonds. The summed E-state index contributed by atoms with van der Waals surface area (Å²) in [5, 5.41) is 5.38. The minimum absolute atomic E-state index is 0.285. The lowest BCUT2D eigenvalue weighted by Gasteiger charge is -2.08. The first kappa shape index (κ1) is 19.6. The Morgan fingerprint density at radius 3 is 2.40 bits per heavy atom. The Morgan fingerprint density at radius 1 is 0.933 bits per heavy atom. The van der Waals surface area contributed by atoms with Crippen LogP contribution in [0, 0.1) is 6.92 Å². The van der Waals surface area contributed by atoms with Gasteiger partial charge in [0.25, 0.3) is 0 Å². The Morgan fingerprint density at radius 2 is 1.63 bits per heavy atom. The summed E-state index contributed by atoms with van der Waals surface area (Å²) >= 11 is 0. The molecule has 3 aromatic carbocycles. The first-order chi connectivity index (χ1) is 14.7. The normalized spacial score (nSPS) is 11.6. The Kier molecular flexibility index (Phi) is 5.75.